The molecular weight excluding hydrogens is 434 g/mol. The molecule has 0 aliphatic carbocycles. The number of hydrogen-bond acceptors (Lipinski definition) is 7. The summed E-state index contributed by atoms with van der Waals surface area (Å²) in [4.78, 5) is 33.9. The summed E-state index contributed by atoms with van der Waals surface area (Å²) in [7, 11) is 3.83. The molecule has 2 heterocycles. The maximum Gasteiger partial charge on any atom is 0.345 e. The summed E-state index contributed by atoms with van der Waals surface area (Å²) in [6.07, 6.45) is 0. The van der Waals surface area contributed by atoms with E-state index in [0.29, 0.717) is 28.3 Å². The van der Waals surface area contributed by atoms with Crippen molar-refractivity contribution in [2.45, 2.75) is 6.92 Å². The number of aromatic nitrogens is 2. The second-order valence-electron chi connectivity index (χ2n) is 8.48. The number of rotatable bonds is 6. The van der Waals surface area contributed by atoms with Gasteiger partial charge in [-0.2, -0.15) is 4.98 Å². The highest BCUT2D eigenvalue weighted by atomic mass is 16.5. The summed E-state index contributed by atoms with van der Waals surface area (Å²) >= 11 is 0. The third kappa shape index (κ3) is 5.44. The van der Waals surface area contributed by atoms with Gasteiger partial charge < -0.3 is 19.7 Å². The number of piperazine rings is 1. The summed E-state index contributed by atoms with van der Waals surface area (Å²) in [5.74, 6) is 0.578. The van der Waals surface area contributed by atoms with Crippen molar-refractivity contribution in [3.63, 3.8) is 0 Å². The summed E-state index contributed by atoms with van der Waals surface area (Å²) in [5.41, 5.74) is 2.76. The van der Waals surface area contributed by atoms with Crippen molar-refractivity contribution >= 4 is 5.91 Å². The normalized spacial score (nSPS) is 14.7. The number of H-pyrrole nitrogens is 1. The Balaban J connectivity index is 1.48. The van der Waals surface area contributed by atoms with E-state index in [4.69, 9.17) is 4.74 Å². The molecule has 2 aromatic carbocycles. The molecule has 0 saturated carbocycles. The Morgan fingerprint density at radius 3 is 2.62 bits per heavy atom. The van der Waals surface area contributed by atoms with Crippen molar-refractivity contribution in [1.82, 2.24) is 24.9 Å². The van der Waals surface area contributed by atoms with Gasteiger partial charge in [-0.25, -0.2) is 9.80 Å². The lowest BCUT2D eigenvalue weighted by Crippen LogP contribution is -2.54. The summed E-state index contributed by atoms with van der Waals surface area (Å²) in [6, 6.07) is 14.1. The van der Waals surface area contributed by atoms with Crippen LogP contribution in [0.3, 0.4) is 0 Å². The lowest BCUT2D eigenvalue weighted by atomic mass is 10.1. The van der Waals surface area contributed by atoms with Gasteiger partial charge in [0.25, 0.3) is 5.91 Å². The van der Waals surface area contributed by atoms with Gasteiger partial charge in [-0.3, -0.25) is 9.80 Å². The molecule has 1 fully saturated rings. The predicted octanol–water partition coefficient (Wildman–Crippen LogP) is 2.12. The number of hydrogen-bond donors (Lipinski definition) is 2. The van der Waals surface area contributed by atoms with Crippen molar-refractivity contribution in [2.24, 2.45) is 0 Å². The quantitative estimate of drug-likeness (QED) is 0.577. The minimum Gasteiger partial charge on any atom is -0.508 e. The van der Waals surface area contributed by atoms with Crippen molar-refractivity contribution in [2.75, 3.05) is 46.9 Å². The summed E-state index contributed by atoms with van der Waals surface area (Å²) in [6.45, 7) is 5.12. The van der Waals surface area contributed by atoms with Crippen LogP contribution >= 0.6 is 0 Å². The van der Waals surface area contributed by atoms with E-state index in [1.165, 1.54) is 0 Å². The standard InChI is InChI=1S/C25H29N5O4/c1-17-13-19(7-8-23(17)31)22-15-21(26-25(33)27-22)18-5-4-6-20(14-18)34-16-24(32)29(3)30-11-9-28(2)10-12-30/h4-8,13-15,31H,9-12,16H2,1-3H3,(H,26,27,33). The van der Waals surface area contributed by atoms with E-state index >= 15 is 0 Å². The highest BCUT2D eigenvalue weighted by molar-refractivity contribution is 5.77. The Labute approximate surface area is 198 Å². The van der Waals surface area contributed by atoms with Crippen LogP contribution in [-0.4, -0.2) is 82.8 Å². The molecule has 0 atom stereocenters. The molecule has 1 amide bonds. The molecule has 4 rings (SSSR count). The molecule has 0 bridgehead atoms. The van der Waals surface area contributed by atoms with Gasteiger partial charge in [0.05, 0.1) is 11.4 Å². The van der Waals surface area contributed by atoms with Crippen LogP contribution in [0, 0.1) is 6.92 Å². The first-order chi connectivity index (χ1) is 16.3. The highest BCUT2D eigenvalue weighted by Gasteiger charge is 2.21. The number of aromatic hydroxyl groups is 1. The number of aryl methyl sites for hydroxylation is 1. The number of amides is 1. The zero-order chi connectivity index (χ0) is 24.2. The van der Waals surface area contributed by atoms with Crippen LogP contribution in [0.2, 0.25) is 0 Å². The lowest BCUT2D eigenvalue weighted by Gasteiger charge is -2.37. The lowest BCUT2D eigenvalue weighted by molar-refractivity contribution is -0.150. The maximum absolute atomic E-state index is 12.6. The molecule has 34 heavy (non-hydrogen) atoms. The van der Waals surface area contributed by atoms with Gasteiger partial charge in [-0.15, -0.1) is 0 Å². The van der Waals surface area contributed by atoms with E-state index < -0.39 is 5.69 Å². The number of carbonyl (C=O) groups excluding carboxylic acids is 1. The Kier molecular flexibility index (Phi) is 6.95. The summed E-state index contributed by atoms with van der Waals surface area (Å²) in [5, 5.41) is 13.4. The van der Waals surface area contributed by atoms with Gasteiger partial charge in [0, 0.05) is 38.8 Å². The van der Waals surface area contributed by atoms with Gasteiger partial charge in [0.15, 0.2) is 6.61 Å². The first-order valence-corrected chi connectivity index (χ1v) is 11.1. The molecule has 3 aromatic rings. The Morgan fingerprint density at radius 2 is 1.88 bits per heavy atom. The van der Waals surface area contributed by atoms with E-state index in [-0.39, 0.29) is 18.3 Å². The number of phenolic OH excluding ortho intramolecular Hbond substituents is 1. The number of benzene rings is 2. The van der Waals surface area contributed by atoms with Gasteiger partial charge in [0.1, 0.15) is 11.5 Å². The smallest absolute Gasteiger partial charge is 0.345 e. The minimum absolute atomic E-state index is 0.0901. The van der Waals surface area contributed by atoms with Crippen LogP contribution < -0.4 is 10.4 Å². The Bertz CT molecular complexity index is 1230. The first-order valence-electron chi connectivity index (χ1n) is 11.1. The number of nitrogens with zero attached hydrogens (tertiary/aromatic N) is 4. The fourth-order valence-corrected chi connectivity index (χ4v) is 3.82. The van der Waals surface area contributed by atoms with E-state index in [0.717, 1.165) is 31.7 Å². The van der Waals surface area contributed by atoms with Crippen LogP contribution in [0.5, 0.6) is 11.5 Å². The second kappa shape index (κ2) is 10.1. The second-order valence-corrected chi connectivity index (χ2v) is 8.48. The molecule has 178 valence electrons. The molecule has 1 saturated heterocycles. The fourth-order valence-electron chi connectivity index (χ4n) is 3.82. The molecular formula is C25H29N5O4. The van der Waals surface area contributed by atoms with Crippen LogP contribution in [0.1, 0.15) is 5.56 Å². The third-order valence-electron chi connectivity index (χ3n) is 6.01. The molecule has 9 heteroatoms. The van der Waals surface area contributed by atoms with Crippen LogP contribution in [0.15, 0.2) is 53.3 Å². The average molecular weight is 464 g/mol. The molecule has 1 aliphatic heterocycles. The fraction of sp³-hybridized carbons (Fsp3) is 0.320. The highest BCUT2D eigenvalue weighted by Crippen LogP contribution is 2.27. The monoisotopic (exact) mass is 463 g/mol. The number of likely N-dealkylation sites (N-methyl/N-ethyl adjacent to an activating group) is 2. The van der Waals surface area contributed by atoms with Crippen molar-refractivity contribution in [3.8, 4) is 34.0 Å². The van der Waals surface area contributed by atoms with E-state index in [1.54, 1.807) is 61.4 Å². The first kappa shape index (κ1) is 23.5. The SMILES string of the molecule is Cc1cc(-c2cc(-c3cccc(OCC(=O)N(C)N4CCN(C)CC4)c3)nc(=O)[nH]2)ccc1O. The molecule has 0 spiro atoms. The van der Waals surface area contributed by atoms with Crippen molar-refractivity contribution < 1.29 is 14.6 Å². The number of phenols is 1. The zero-order valence-electron chi connectivity index (χ0n) is 19.6. The van der Waals surface area contributed by atoms with Gasteiger partial charge >= 0.3 is 5.69 Å². The van der Waals surface area contributed by atoms with E-state index in [2.05, 4.69) is 21.9 Å². The van der Waals surface area contributed by atoms with Crippen molar-refractivity contribution in [1.29, 1.82) is 0 Å². The number of carbonyl (C=O) groups is 1. The summed E-state index contributed by atoms with van der Waals surface area (Å²) < 4.78 is 5.77. The van der Waals surface area contributed by atoms with Gasteiger partial charge in [-0.05, 0) is 61.5 Å². The molecule has 9 nitrogen and oxygen atoms in total. The van der Waals surface area contributed by atoms with E-state index in [1.807, 2.05) is 11.1 Å². The molecule has 0 radical (unpaired) electrons. The topological polar surface area (TPSA) is 102 Å². The average Bonchev–Trinajstić information content (AvgIpc) is 2.84. The van der Waals surface area contributed by atoms with Crippen LogP contribution in [0.4, 0.5) is 0 Å². The molecule has 2 N–H and O–H groups in total. The molecule has 0 unspecified atom stereocenters. The van der Waals surface area contributed by atoms with E-state index in [9.17, 15) is 14.7 Å². The maximum atomic E-state index is 12.6. The van der Waals surface area contributed by atoms with Crippen LogP contribution in [0.25, 0.3) is 22.5 Å². The molecule has 1 aliphatic rings. The van der Waals surface area contributed by atoms with Crippen molar-refractivity contribution in [3.05, 3.63) is 64.6 Å². The third-order valence-corrected chi connectivity index (χ3v) is 6.01. The predicted molar refractivity (Wildman–Crippen MR) is 129 cm³/mol. The van der Waals surface area contributed by atoms with Gasteiger partial charge in [0.2, 0.25) is 0 Å². The zero-order valence-corrected chi connectivity index (χ0v) is 19.6. The Hall–Kier alpha value is -3.69. The minimum atomic E-state index is -0.478. The van der Waals surface area contributed by atoms with Gasteiger partial charge in [-0.1, -0.05) is 12.1 Å². The number of hydrazine groups is 1. The van der Waals surface area contributed by atoms with Crippen LogP contribution in [-0.2, 0) is 4.79 Å². The number of ether oxygens (including phenoxy) is 1. The number of nitrogens with one attached hydrogen (secondary N) is 1. The largest absolute Gasteiger partial charge is 0.508 e. The molecule has 1 aromatic heterocycles. The Morgan fingerprint density at radius 1 is 1.12 bits per heavy atom. The number of aromatic amines is 1.